The lowest BCUT2D eigenvalue weighted by Gasteiger charge is -2.10. The highest BCUT2D eigenvalue weighted by atomic mass is 35.5. The molecule has 19 heavy (non-hydrogen) atoms. The van der Waals surface area contributed by atoms with E-state index in [9.17, 15) is 9.18 Å². The molecule has 0 spiro atoms. The molecule has 2 aromatic carbocycles. The monoisotopic (exact) mass is 281 g/mol. The molecule has 0 saturated heterocycles. The molecule has 0 atom stereocenters. The third-order valence-electron chi connectivity index (χ3n) is 2.35. The lowest BCUT2D eigenvalue weighted by atomic mass is 10.2. The van der Waals surface area contributed by atoms with Crippen molar-refractivity contribution in [2.45, 2.75) is 0 Å². The van der Waals surface area contributed by atoms with Crippen molar-refractivity contribution in [2.75, 3.05) is 5.73 Å². The number of nitrogen functional groups attached to an aromatic ring is 1. The number of carboxylic acid groups (broad SMARTS) is 1. The van der Waals surface area contributed by atoms with Gasteiger partial charge in [0.2, 0.25) is 0 Å². The van der Waals surface area contributed by atoms with Crippen LogP contribution in [0.4, 0.5) is 10.1 Å². The van der Waals surface area contributed by atoms with E-state index in [4.69, 9.17) is 27.2 Å². The zero-order chi connectivity index (χ0) is 14.0. The minimum Gasteiger partial charge on any atom is -0.478 e. The van der Waals surface area contributed by atoms with Gasteiger partial charge in [-0.15, -0.1) is 0 Å². The molecule has 0 fully saturated rings. The maximum atomic E-state index is 12.9. The van der Waals surface area contributed by atoms with Crippen molar-refractivity contribution < 1.29 is 19.0 Å². The van der Waals surface area contributed by atoms with E-state index in [0.717, 1.165) is 12.1 Å². The van der Waals surface area contributed by atoms with Gasteiger partial charge in [-0.1, -0.05) is 11.6 Å². The maximum Gasteiger partial charge on any atom is 0.339 e. The molecular formula is C13H9ClFNO3. The largest absolute Gasteiger partial charge is 0.478 e. The number of hydrogen-bond acceptors (Lipinski definition) is 3. The molecular weight excluding hydrogens is 273 g/mol. The molecule has 0 radical (unpaired) electrons. The van der Waals surface area contributed by atoms with E-state index >= 15 is 0 Å². The van der Waals surface area contributed by atoms with Crippen molar-refractivity contribution in [1.82, 2.24) is 0 Å². The van der Waals surface area contributed by atoms with Crippen LogP contribution in [-0.2, 0) is 0 Å². The van der Waals surface area contributed by atoms with Crippen LogP contribution in [0.1, 0.15) is 10.4 Å². The highest BCUT2D eigenvalue weighted by Gasteiger charge is 2.14. The third kappa shape index (κ3) is 2.95. The molecule has 98 valence electrons. The fourth-order valence-electron chi connectivity index (χ4n) is 1.48. The second-order valence-electron chi connectivity index (χ2n) is 3.74. The second-order valence-corrected chi connectivity index (χ2v) is 4.14. The summed E-state index contributed by atoms with van der Waals surface area (Å²) in [4.78, 5) is 11.0. The Morgan fingerprint density at radius 2 is 1.95 bits per heavy atom. The van der Waals surface area contributed by atoms with Gasteiger partial charge >= 0.3 is 5.97 Å². The van der Waals surface area contributed by atoms with E-state index in [0.29, 0.717) is 5.69 Å². The fourth-order valence-corrected chi connectivity index (χ4v) is 1.68. The molecule has 0 aliphatic heterocycles. The number of ether oxygens (including phenoxy) is 1. The van der Waals surface area contributed by atoms with Gasteiger partial charge in [0, 0.05) is 11.8 Å². The lowest BCUT2D eigenvalue weighted by molar-refractivity contribution is 0.0694. The zero-order valence-corrected chi connectivity index (χ0v) is 10.3. The second kappa shape index (κ2) is 5.16. The summed E-state index contributed by atoms with van der Waals surface area (Å²) in [6, 6.07) is 7.68. The van der Waals surface area contributed by atoms with Crippen LogP contribution < -0.4 is 10.5 Å². The summed E-state index contributed by atoms with van der Waals surface area (Å²) in [6.07, 6.45) is 0. The summed E-state index contributed by atoms with van der Waals surface area (Å²) < 4.78 is 18.3. The maximum absolute atomic E-state index is 12.9. The first-order valence-corrected chi connectivity index (χ1v) is 5.61. The number of benzene rings is 2. The summed E-state index contributed by atoms with van der Waals surface area (Å²) in [7, 11) is 0. The number of halogens is 2. The van der Waals surface area contributed by atoms with Crippen molar-refractivity contribution >= 4 is 23.3 Å². The Hall–Kier alpha value is -2.27. The summed E-state index contributed by atoms with van der Waals surface area (Å²) in [5, 5.41) is 9.07. The molecule has 0 saturated carbocycles. The average Bonchev–Trinajstić information content (AvgIpc) is 2.32. The van der Waals surface area contributed by atoms with Gasteiger partial charge in [0.25, 0.3) is 0 Å². The van der Waals surface area contributed by atoms with Crippen molar-refractivity contribution in [3.63, 3.8) is 0 Å². The van der Waals surface area contributed by atoms with E-state index in [1.807, 2.05) is 0 Å². The van der Waals surface area contributed by atoms with Crippen LogP contribution in [0.3, 0.4) is 0 Å². The highest BCUT2D eigenvalue weighted by molar-refractivity contribution is 6.32. The SMILES string of the molecule is Nc1ccc(C(=O)O)c(Oc2ccc(F)cc2Cl)c1. The molecule has 2 aromatic rings. The van der Waals surface area contributed by atoms with Crippen molar-refractivity contribution in [1.29, 1.82) is 0 Å². The molecule has 6 heteroatoms. The normalized spacial score (nSPS) is 10.2. The highest BCUT2D eigenvalue weighted by Crippen LogP contribution is 2.32. The van der Waals surface area contributed by atoms with Gasteiger partial charge in [0.1, 0.15) is 22.9 Å². The van der Waals surface area contributed by atoms with Gasteiger partial charge in [-0.25, -0.2) is 9.18 Å². The lowest BCUT2D eigenvalue weighted by Crippen LogP contribution is -2.01. The van der Waals surface area contributed by atoms with Crippen LogP contribution >= 0.6 is 11.6 Å². The number of anilines is 1. The molecule has 0 unspecified atom stereocenters. The number of carboxylic acids is 1. The topological polar surface area (TPSA) is 72.6 Å². The van der Waals surface area contributed by atoms with E-state index < -0.39 is 11.8 Å². The number of hydrogen-bond donors (Lipinski definition) is 2. The van der Waals surface area contributed by atoms with Gasteiger partial charge in [-0.2, -0.15) is 0 Å². The molecule has 0 heterocycles. The fraction of sp³-hybridized carbons (Fsp3) is 0. The summed E-state index contributed by atoms with van der Waals surface area (Å²) >= 11 is 5.81. The van der Waals surface area contributed by atoms with Crippen LogP contribution in [0.25, 0.3) is 0 Å². The molecule has 0 amide bonds. The van der Waals surface area contributed by atoms with Gasteiger partial charge in [-0.3, -0.25) is 0 Å². The van der Waals surface area contributed by atoms with E-state index in [2.05, 4.69) is 0 Å². The Balaban J connectivity index is 2.42. The first-order valence-electron chi connectivity index (χ1n) is 5.23. The zero-order valence-electron chi connectivity index (χ0n) is 9.56. The summed E-state index contributed by atoms with van der Waals surface area (Å²) in [6.45, 7) is 0. The predicted octanol–water partition coefficient (Wildman–Crippen LogP) is 3.55. The first-order chi connectivity index (χ1) is 8.97. The molecule has 2 rings (SSSR count). The minimum atomic E-state index is -1.16. The number of rotatable bonds is 3. The Kier molecular flexibility index (Phi) is 3.57. The Morgan fingerprint density at radius 3 is 2.58 bits per heavy atom. The Bertz CT molecular complexity index is 646. The Labute approximate surface area is 113 Å². The van der Waals surface area contributed by atoms with Crippen LogP contribution in [0, 0.1) is 5.82 Å². The van der Waals surface area contributed by atoms with Gasteiger partial charge in [0.05, 0.1) is 5.02 Å². The van der Waals surface area contributed by atoms with E-state index in [-0.39, 0.29) is 22.1 Å². The van der Waals surface area contributed by atoms with Crippen LogP contribution in [0.15, 0.2) is 36.4 Å². The molecule has 0 aromatic heterocycles. The third-order valence-corrected chi connectivity index (χ3v) is 2.65. The van der Waals surface area contributed by atoms with Gasteiger partial charge < -0.3 is 15.6 Å². The van der Waals surface area contributed by atoms with Crippen LogP contribution in [-0.4, -0.2) is 11.1 Å². The molecule has 0 aliphatic rings. The summed E-state index contributed by atoms with van der Waals surface area (Å²) in [5.41, 5.74) is 5.86. The van der Waals surface area contributed by atoms with Crippen molar-refractivity contribution in [3.05, 3.63) is 52.8 Å². The van der Waals surface area contributed by atoms with E-state index in [1.165, 1.54) is 24.3 Å². The Morgan fingerprint density at radius 1 is 1.21 bits per heavy atom. The smallest absolute Gasteiger partial charge is 0.339 e. The molecule has 0 aliphatic carbocycles. The minimum absolute atomic E-state index is 0.0405. The summed E-state index contributed by atoms with van der Waals surface area (Å²) in [5.74, 6) is -1.48. The van der Waals surface area contributed by atoms with Gasteiger partial charge in [0.15, 0.2) is 0 Å². The standard InChI is InChI=1S/C13H9ClFNO3/c14-10-5-7(15)1-4-11(10)19-12-6-8(16)2-3-9(12)13(17)18/h1-6H,16H2,(H,17,18). The molecule has 4 nitrogen and oxygen atoms in total. The van der Waals surface area contributed by atoms with Crippen molar-refractivity contribution in [2.24, 2.45) is 0 Å². The van der Waals surface area contributed by atoms with E-state index in [1.54, 1.807) is 0 Å². The van der Waals surface area contributed by atoms with Crippen LogP contribution in [0.2, 0.25) is 5.02 Å². The van der Waals surface area contributed by atoms with Crippen molar-refractivity contribution in [3.8, 4) is 11.5 Å². The molecule has 0 bridgehead atoms. The number of aromatic carboxylic acids is 1. The number of carbonyl (C=O) groups is 1. The molecule has 3 N–H and O–H groups in total. The average molecular weight is 282 g/mol. The first kappa shape index (κ1) is 13.2. The van der Waals surface area contributed by atoms with Gasteiger partial charge in [-0.05, 0) is 30.3 Å². The van der Waals surface area contributed by atoms with Crippen LogP contribution in [0.5, 0.6) is 11.5 Å². The number of nitrogens with two attached hydrogens (primary N) is 1. The quantitative estimate of drug-likeness (QED) is 0.844. The predicted molar refractivity (Wildman–Crippen MR) is 69.3 cm³/mol.